The zero-order chi connectivity index (χ0) is 22.1. The number of hydrogen-bond donors (Lipinski definition) is 1. The van der Waals surface area contributed by atoms with Crippen LogP contribution in [-0.4, -0.2) is 49.0 Å². The molecule has 31 heavy (non-hydrogen) atoms. The Kier molecular flexibility index (Phi) is 8.27. The van der Waals surface area contributed by atoms with E-state index in [4.69, 9.17) is 9.47 Å². The van der Waals surface area contributed by atoms with Crippen LogP contribution < -0.4 is 14.8 Å². The zero-order valence-corrected chi connectivity index (χ0v) is 18.3. The second-order valence-corrected chi connectivity index (χ2v) is 7.90. The average molecular weight is 426 g/mol. The SMILES string of the molecule is COc1cc(NC(=O)CC[C@@H]2CCCN(C(=O)CCc3cccnc3)C2)cc(OC)c1. The lowest BCUT2D eigenvalue weighted by atomic mass is 9.93. The van der Waals surface area contributed by atoms with Crippen LogP contribution in [0, 0.1) is 5.92 Å². The molecule has 2 aromatic rings. The molecule has 1 fully saturated rings. The first-order valence-electron chi connectivity index (χ1n) is 10.8. The third-order valence-electron chi connectivity index (χ3n) is 5.64. The highest BCUT2D eigenvalue weighted by Gasteiger charge is 2.24. The predicted molar refractivity (Wildman–Crippen MR) is 119 cm³/mol. The van der Waals surface area contributed by atoms with Gasteiger partial charge in [-0.1, -0.05) is 6.07 Å². The Morgan fingerprint density at radius 2 is 1.94 bits per heavy atom. The maximum Gasteiger partial charge on any atom is 0.224 e. The summed E-state index contributed by atoms with van der Waals surface area (Å²) in [6.45, 7) is 1.53. The molecule has 166 valence electrons. The van der Waals surface area contributed by atoms with E-state index in [0.717, 1.165) is 37.9 Å². The van der Waals surface area contributed by atoms with Crippen molar-refractivity contribution in [2.24, 2.45) is 5.92 Å². The zero-order valence-electron chi connectivity index (χ0n) is 18.3. The molecule has 1 saturated heterocycles. The van der Waals surface area contributed by atoms with Crippen LogP contribution in [0.3, 0.4) is 0 Å². The number of anilines is 1. The number of benzene rings is 1. The minimum atomic E-state index is -0.0460. The predicted octanol–water partition coefficient (Wildman–Crippen LogP) is 3.69. The number of carbonyl (C=O) groups is 2. The molecule has 0 aliphatic carbocycles. The summed E-state index contributed by atoms with van der Waals surface area (Å²) in [7, 11) is 3.15. The van der Waals surface area contributed by atoms with Gasteiger partial charge in [0.05, 0.1) is 14.2 Å². The maximum atomic E-state index is 12.6. The summed E-state index contributed by atoms with van der Waals surface area (Å²) >= 11 is 0. The first kappa shape index (κ1) is 22.6. The second-order valence-electron chi connectivity index (χ2n) is 7.90. The van der Waals surface area contributed by atoms with Crippen molar-refractivity contribution < 1.29 is 19.1 Å². The minimum absolute atomic E-state index is 0.0460. The van der Waals surface area contributed by atoms with Crippen molar-refractivity contribution in [3.63, 3.8) is 0 Å². The molecule has 3 rings (SSSR count). The third-order valence-corrected chi connectivity index (χ3v) is 5.64. The van der Waals surface area contributed by atoms with Gasteiger partial charge in [-0.3, -0.25) is 14.6 Å². The number of amides is 2. The van der Waals surface area contributed by atoms with Gasteiger partial charge in [-0.25, -0.2) is 0 Å². The van der Waals surface area contributed by atoms with Crippen LogP contribution in [-0.2, 0) is 16.0 Å². The molecule has 0 bridgehead atoms. The summed E-state index contributed by atoms with van der Waals surface area (Å²) in [4.78, 5) is 31.1. The largest absolute Gasteiger partial charge is 0.497 e. The number of piperidine rings is 1. The molecule has 0 spiro atoms. The molecule has 1 atom stereocenters. The van der Waals surface area contributed by atoms with Crippen LogP contribution in [0.4, 0.5) is 5.69 Å². The minimum Gasteiger partial charge on any atom is -0.497 e. The molecule has 7 nitrogen and oxygen atoms in total. The van der Waals surface area contributed by atoms with E-state index >= 15 is 0 Å². The summed E-state index contributed by atoms with van der Waals surface area (Å²) in [5.41, 5.74) is 1.73. The van der Waals surface area contributed by atoms with E-state index < -0.39 is 0 Å². The van der Waals surface area contributed by atoms with E-state index in [1.54, 1.807) is 38.6 Å². The monoisotopic (exact) mass is 425 g/mol. The van der Waals surface area contributed by atoms with Crippen LogP contribution in [0.25, 0.3) is 0 Å². The topological polar surface area (TPSA) is 80.8 Å². The van der Waals surface area contributed by atoms with E-state index in [2.05, 4.69) is 10.3 Å². The normalized spacial score (nSPS) is 15.9. The molecule has 2 heterocycles. The Hall–Kier alpha value is -3.09. The van der Waals surface area contributed by atoms with Gasteiger partial charge >= 0.3 is 0 Å². The lowest BCUT2D eigenvalue weighted by Crippen LogP contribution is -2.40. The number of nitrogens with one attached hydrogen (secondary N) is 1. The smallest absolute Gasteiger partial charge is 0.224 e. The second kappa shape index (κ2) is 11.3. The number of carbonyl (C=O) groups excluding carboxylic acids is 2. The Bertz CT molecular complexity index is 850. The molecule has 1 aromatic carbocycles. The fourth-order valence-electron chi connectivity index (χ4n) is 3.92. The molecule has 1 aliphatic rings. The molecular formula is C24H31N3O4. The third kappa shape index (κ3) is 6.98. The van der Waals surface area contributed by atoms with Gasteiger partial charge in [0.1, 0.15) is 11.5 Å². The number of aromatic nitrogens is 1. The van der Waals surface area contributed by atoms with Crippen LogP contribution in [0.1, 0.15) is 37.7 Å². The number of nitrogens with zero attached hydrogens (tertiary/aromatic N) is 2. The average Bonchev–Trinajstić information content (AvgIpc) is 2.81. The van der Waals surface area contributed by atoms with Crippen molar-refractivity contribution in [1.82, 2.24) is 9.88 Å². The van der Waals surface area contributed by atoms with Crippen molar-refractivity contribution >= 4 is 17.5 Å². The lowest BCUT2D eigenvalue weighted by molar-refractivity contribution is -0.133. The van der Waals surface area contributed by atoms with E-state index in [9.17, 15) is 9.59 Å². The lowest BCUT2D eigenvalue weighted by Gasteiger charge is -2.33. The number of methoxy groups -OCH3 is 2. The standard InChI is InChI=1S/C24H31N3O4/c1-30-21-13-20(14-22(15-21)31-2)26-23(28)9-7-19-6-4-12-27(17-19)24(29)10-8-18-5-3-11-25-16-18/h3,5,11,13-16,19H,4,6-10,12,17H2,1-2H3,(H,26,28)/t19-/m0/s1. The molecule has 0 radical (unpaired) electrons. The fourth-order valence-corrected chi connectivity index (χ4v) is 3.92. The molecular weight excluding hydrogens is 394 g/mol. The van der Waals surface area contributed by atoms with Crippen molar-refractivity contribution in [2.45, 2.75) is 38.5 Å². The van der Waals surface area contributed by atoms with Gasteiger partial charge in [-0.15, -0.1) is 0 Å². The number of aryl methyl sites for hydroxylation is 1. The van der Waals surface area contributed by atoms with Crippen molar-refractivity contribution in [1.29, 1.82) is 0 Å². The first-order valence-corrected chi connectivity index (χ1v) is 10.8. The van der Waals surface area contributed by atoms with E-state index in [0.29, 0.717) is 42.4 Å². The van der Waals surface area contributed by atoms with Crippen LogP contribution in [0.2, 0.25) is 0 Å². The van der Waals surface area contributed by atoms with Gasteiger partial charge < -0.3 is 19.7 Å². The molecule has 1 N–H and O–H groups in total. The maximum absolute atomic E-state index is 12.6. The summed E-state index contributed by atoms with van der Waals surface area (Å²) < 4.78 is 10.5. The molecule has 0 unspecified atom stereocenters. The summed E-state index contributed by atoms with van der Waals surface area (Å²) in [6, 6.07) is 9.18. The quantitative estimate of drug-likeness (QED) is 0.663. The van der Waals surface area contributed by atoms with E-state index in [-0.39, 0.29) is 11.8 Å². The van der Waals surface area contributed by atoms with Crippen molar-refractivity contribution in [3.05, 3.63) is 48.3 Å². The van der Waals surface area contributed by atoms with Gasteiger partial charge in [-0.05, 0) is 43.2 Å². The van der Waals surface area contributed by atoms with Gasteiger partial charge in [0.25, 0.3) is 0 Å². The molecule has 1 aliphatic heterocycles. The number of hydrogen-bond acceptors (Lipinski definition) is 5. The summed E-state index contributed by atoms with van der Waals surface area (Å²) in [6.07, 6.45) is 7.97. The Labute approximate surface area is 183 Å². The summed E-state index contributed by atoms with van der Waals surface area (Å²) in [5.74, 6) is 1.74. The molecule has 2 amide bonds. The molecule has 1 aromatic heterocycles. The number of pyridine rings is 1. The fraction of sp³-hybridized carbons (Fsp3) is 0.458. The van der Waals surface area contributed by atoms with Crippen LogP contribution >= 0.6 is 0 Å². The van der Waals surface area contributed by atoms with Crippen molar-refractivity contribution in [3.8, 4) is 11.5 Å². The Balaban J connectivity index is 1.45. The molecule has 0 saturated carbocycles. The first-order chi connectivity index (χ1) is 15.1. The highest BCUT2D eigenvalue weighted by Crippen LogP contribution is 2.26. The van der Waals surface area contributed by atoms with Crippen LogP contribution in [0.15, 0.2) is 42.7 Å². The number of ether oxygens (including phenoxy) is 2. The molecule has 7 heteroatoms. The summed E-state index contributed by atoms with van der Waals surface area (Å²) in [5, 5.41) is 2.92. The highest BCUT2D eigenvalue weighted by molar-refractivity contribution is 5.91. The van der Waals surface area contributed by atoms with E-state index in [1.807, 2.05) is 23.2 Å². The number of likely N-dealkylation sites (tertiary alicyclic amines) is 1. The number of rotatable bonds is 9. The van der Waals surface area contributed by atoms with Gasteiger partial charge in [0.2, 0.25) is 11.8 Å². The highest BCUT2D eigenvalue weighted by atomic mass is 16.5. The van der Waals surface area contributed by atoms with Gasteiger partial charge in [0, 0.05) is 62.2 Å². The Morgan fingerprint density at radius 1 is 1.16 bits per heavy atom. The Morgan fingerprint density at radius 3 is 2.61 bits per heavy atom. The van der Waals surface area contributed by atoms with E-state index in [1.165, 1.54) is 0 Å². The van der Waals surface area contributed by atoms with Crippen molar-refractivity contribution in [2.75, 3.05) is 32.6 Å². The van der Waals surface area contributed by atoms with Gasteiger partial charge in [-0.2, -0.15) is 0 Å². The van der Waals surface area contributed by atoms with Crippen LogP contribution in [0.5, 0.6) is 11.5 Å². The van der Waals surface area contributed by atoms with Gasteiger partial charge in [0.15, 0.2) is 0 Å².